The molecule has 2 aliphatic carbocycles. The predicted molar refractivity (Wildman–Crippen MR) is 121 cm³/mol. The molecule has 0 spiro atoms. The van der Waals surface area contributed by atoms with E-state index in [4.69, 9.17) is 9.47 Å². The fourth-order valence-corrected chi connectivity index (χ4v) is 7.05. The fraction of sp³-hybridized carbons (Fsp3) is 0.708. The molecule has 9 heteroatoms. The fourth-order valence-electron chi connectivity index (χ4n) is 5.79. The Labute approximate surface area is 195 Å². The Balaban J connectivity index is 1.29. The minimum absolute atomic E-state index is 0.0882. The van der Waals surface area contributed by atoms with Crippen LogP contribution < -0.4 is 4.74 Å². The molecule has 0 amide bonds. The van der Waals surface area contributed by atoms with Gasteiger partial charge in [-0.05, 0) is 62.5 Å². The highest BCUT2D eigenvalue weighted by Crippen LogP contribution is 2.48. The number of morpholine rings is 1. The molecule has 1 aliphatic heterocycles. The highest BCUT2D eigenvalue weighted by atomic mass is 32.1. The number of hydrogen-bond donors (Lipinski definition) is 1. The third-order valence-electron chi connectivity index (χ3n) is 7.32. The number of ether oxygens (including phenoxy) is 2. The van der Waals surface area contributed by atoms with Crippen molar-refractivity contribution < 1.29 is 27.8 Å². The number of aliphatic hydroxyl groups excluding tert-OH is 1. The van der Waals surface area contributed by atoms with Crippen LogP contribution in [0.4, 0.5) is 13.2 Å². The number of aryl methyl sites for hydroxylation is 1. The molecule has 5 nitrogen and oxygen atoms in total. The molecule has 5 rings (SSSR count). The molecule has 1 saturated carbocycles. The second-order valence-electron chi connectivity index (χ2n) is 9.57. The van der Waals surface area contributed by atoms with Crippen LogP contribution in [0.25, 0.3) is 10.2 Å². The van der Waals surface area contributed by atoms with Crippen molar-refractivity contribution in [3.05, 3.63) is 22.7 Å². The number of aliphatic hydroxyl groups is 1. The Morgan fingerprint density at radius 1 is 1.18 bits per heavy atom. The van der Waals surface area contributed by atoms with Crippen molar-refractivity contribution in [2.45, 2.75) is 81.7 Å². The molecule has 2 aromatic rings. The summed E-state index contributed by atoms with van der Waals surface area (Å²) in [5, 5.41) is 11.0. The zero-order valence-electron chi connectivity index (χ0n) is 18.6. The van der Waals surface area contributed by atoms with Gasteiger partial charge in [0, 0.05) is 30.2 Å². The number of alkyl halides is 3. The van der Waals surface area contributed by atoms with Crippen LogP contribution in [0.15, 0.2) is 12.3 Å². The molecule has 2 aromatic heterocycles. The second kappa shape index (κ2) is 9.68. The van der Waals surface area contributed by atoms with Gasteiger partial charge in [0.1, 0.15) is 10.6 Å². The quantitative estimate of drug-likeness (QED) is 0.622. The first-order valence-corrected chi connectivity index (χ1v) is 12.8. The standard InChI is InChI=1S/C24H31F3N2O3S/c25-24(26,27)14-17(30)13-15-1-6-20-21(15)22-19(7-8-28-23(22)33-20)32-18-4-2-16(3-5-18)29-9-11-31-12-10-29/h7-8,15-18,30H,1-6,9-14H2/t15-,16-,17+,18-/m1/s1. The van der Waals surface area contributed by atoms with Gasteiger partial charge in [0.25, 0.3) is 0 Å². The molecule has 1 N–H and O–H groups in total. The van der Waals surface area contributed by atoms with Crippen molar-refractivity contribution >= 4 is 21.6 Å². The van der Waals surface area contributed by atoms with Gasteiger partial charge in [0.2, 0.25) is 0 Å². The number of aromatic nitrogens is 1. The van der Waals surface area contributed by atoms with E-state index in [1.165, 1.54) is 4.88 Å². The summed E-state index contributed by atoms with van der Waals surface area (Å²) in [4.78, 5) is 9.12. The molecule has 33 heavy (non-hydrogen) atoms. The van der Waals surface area contributed by atoms with Crippen molar-refractivity contribution in [1.29, 1.82) is 0 Å². The van der Waals surface area contributed by atoms with Crippen molar-refractivity contribution in [3.63, 3.8) is 0 Å². The van der Waals surface area contributed by atoms with Gasteiger partial charge in [-0.1, -0.05) is 0 Å². The monoisotopic (exact) mass is 484 g/mol. The highest BCUT2D eigenvalue weighted by Gasteiger charge is 2.36. The maximum absolute atomic E-state index is 12.7. The van der Waals surface area contributed by atoms with Crippen LogP contribution in [-0.2, 0) is 11.2 Å². The topological polar surface area (TPSA) is 54.8 Å². The largest absolute Gasteiger partial charge is 0.490 e. The number of halogens is 3. The van der Waals surface area contributed by atoms with Gasteiger partial charge in [-0.15, -0.1) is 11.3 Å². The van der Waals surface area contributed by atoms with E-state index in [1.807, 2.05) is 6.07 Å². The number of rotatable bonds is 6. The van der Waals surface area contributed by atoms with Crippen molar-refractivity contribution in [2.24, 2.45) is 0 Å². The van der Waals surface area contributed by atoms with E-state index < -0.39 is 18.7 Å². The summed E-state index contributed by atoms with van der Waals surface area (Å²) >= 11 is 1.61. The van der Waals surface area contributed by atoms with E-state index in [2.05, 4.69) is 9.88 Å². The van der Waals surface area contributed by atoms with Gasteiger partial charge in [-0.3, -0.25) is 4.90 Å². The lowest BCUT2D eigenvalue weighted by Crippen LogP contribution is -2.46. The van der Waals surface area contributed by atoms with Crippen molar-refractivity contribution in [1.82, 2.24) is 9.88 Å². The summed E-state index contributed by atoms with van der Waals surface area (Å²) in [7, 11) is 0. The van der Waals surface area contributed by atoms with Crippen molar-refractivity contribution in [2.75, 3.05) is 26.3 Å². The molecule has 0 aromatic carbocycles. The number of fused-ring (bicyclic) bond motifs is 3. The second-order valence-corrected chi connectivity index (χ2v) is 10.7. The zero-order valence-corrected chi connectivity index (χ0v) is 19.5. The van der Waals surface area contributed by atoms with Crippen molar-refractivity contribution in [3.8, 4) is 5.75 Å². The summed E-state index contributed by atoms with van der Waals surface area (Å²) in [6.07, 6.45) is 0.911. The van der Waals surface area contributed by atoms with Crippen LogP contribution >= 0.6 is 11.3 Å². The predicted octanol–water partition coefficient (Wildman–Crippen LogP) is 5.05. The highest BCUT2D eigenvalue weighted by molar-refractivity contribution is 7.19. The Kier molecular flexibility index (Phi) is 6.84. The molecule has 2 atom stereocenters. The van der Waals surface area contributed by atoms with Crippen LogP contribution in [0.3, 0.4) is 0 Å². The van der Waals surface area contributed by atoms with Crippen LogP contribution in [-0.4, -0.2) is 65.7 Å². The Morgan fingerprint density at radius 3 is 2.67 bits per heavy atom. The molecule has 3 aliphatic rings. The van der Waals surface area contributed by atoms with Gasteiger partial charge in [0.15, 0.2) is 0 Å². The SMILES string of the molecule is O[C@@H](C[C@H]1CCc2sc3nccc(O[C@H]4CC[C@H](N5CCOCC5)CC4)c3c21)CC(F)(F)F. The first-order chi connectivity index (χ1) is 15.9. The average molecular weight is 485 g/mol. The van der Waals surface area contributed by atoms with E-state index in [0.29, 0.717) is 6.04 Å². The lowest BCUT2D eigenvalue weighted by atomic mass is 9.91. The summed E-state index contributed by atoms with van der Waals surface area (Å²) < 4.78 is 50.2. The number of hydrogen-bond acceptors (Lipinski definition) is 6. The zero-order chi connectivity index (χ0) is 23.0. The number of pyridine rings is 1. The molecule has 2 fully saturated rings. The van der Waals surface area contributed by atoms with Gasteiger partial charge in [-0.25, -0.2) is 4.98 Å². The Bertz CT molecular complexity index is 952. The Hall–Kier alpha value is -1.42. The maximum Gasteiger partial charge on any atom is 0.391 e. The lowest BCUT2D eigenvalue weighted by Gasteiger charge is -2.38. The molecular formula is C24H31F3N2O3S. The molecule has 0 unspecified atom stereocenters. The first kappa shape index (κ1) is 23.3. The average Bonchev–Trinajstić information content (AvgIpc) is 3.34. The molecule has 0 radical (unpaired) electrons. The van der Waals surface area contributed by atoms with Gasteiger partial charge in [-0.2, -0.15) is 13.2 Å². The van der Waals surface area contributed by atoms with E-state index in [-0.39, 0.29) is 18.4 Å². The van der Waals surface area contributed by atoms with Crippen LogP contribution in [0, 0.1) is 0 Å². The minimum atomic E-state index is -4.35. The van der Waals surface area contributed by atoms with E-state index in [1.54, 1.807) is 17.5 Å². The molecule has 3 heterocycles. The maximum atomic E-state index is 12.7. The normalized spacial score (nSPS) is 27.6. The minimum Gasteiger partial charge on any atom is -0.490 e. The van der Waals surface area contributed by atoms with Gasteiger partial charge < -0.3 is 14.6 Å². The summed E-state index contributed by atoms with van der Waals surface area (Å²) in [5.74, 6) is 0.708. The smallest absolute Gasteiger partial charge is 0.391 e. The first-order valence-electron chi connectivity index (χ1n) is 12.0. The van der Waals surface area contributed by atoms with E-state index in [9.17, 15) is 18.3 Å². The summed E-state index contributed by atoms with van der Waals surface area (Å²) in [5.41, 5.74) is 1.06. The van der Waals surface area contributed by atoms with Crippen LogP contribution in [0.5, 0.6) is 5.75 Å². The molecule has 0 bridgehead atoms. The third-order valence-corrected chi connectivity index (χ3v) is 8.49. The van der Waals surface area contributed by atoms with Crippen LogP contribution in [0.2, 0.25) is 0 Å². The molecule has 182 valence electrons. The van der Waals surface area contributed by atoms with Crippen LogP contribution in [0.1, 0.15) is 61.3 Å². The Morgan fingerprint density at radius 2 is 1.94 bits per heavy atom. The van der Waals surface area contributed by atoms with Gasteiger partial charge >= 0.3 is 6.18 Å². The number of nitrogens with zero attached hydrogens (tertiary/aromatic N) is 2. The van der Waals surface area contributed by atoms with E-state index >= 15 is 0 Å². The lowest BCUT2D eigenvalue weighted by molar-refractivity contribution is -0.154. The number of thiophene rings is 1. The third kappa shape index (κ3) is 5.31. The summed E-state index contributed by atoms with van der Waals surface area (Å²) in [6, 6.07) is 2.49. The molecular weight excluding hydrogens is 453 g/mol. The summed E-state index contributed by atoms with van der Waals surface area (Å²) in [6.45, 7) is 3.63. The van der Waals surface area contributed by atoms with E-state index in [0.717, 1.165) is 86.4 Å². The molecule has 1 saturated heterocycles. The van der Waals surface area contributed by atoms with Gasteiger partial charge in [0.05, 0.1) is 37.2 Å².